The van der Waals surface area contributed by atoms with E-state index in [2.05, 4.69) is 37.6 Å². The van der Waals surface area contributed by atoms with E-state index in [4.69, 9.17) is 0 Å². The molecule has 25 heavy (non-hydrogen) atoms. The number of aliphatic hydroxyl groups is 1. The standard InChI is InChI=1S/C16H23N7OS/c1-3-6-22-7-5-11-12(8-22)25-15-13(11)14(17-10(4-2)9-24)18-16-19-20-21-23(15)16/h10,24H,3-9H2,1-2H3,(H,17,18,19,21). The lowest BCUT2D eigenvalue weighted by Crippen LogP contribution is -2.30. The SMILES string of the molecule is CCCN1CCc2c(sc3c2c(NC(CC)CO)nc2nnnn23)C1. The number of tetrazole rings is 1. The summed E-state index contributed by atoms with van der Waals surface area (Å²) < 4.78 is 1.73. The highest BCUT2D eigenvalue weighted by Gasteiger charge is 2.26. The van der Waals surface area contributed by atoms with Crippen molar-refractivity contribution in [3.8, 4) is 0 Å². The first-order valence-corrected chi connectivity index (χ1v) is 9.68. The molecule has 0 bridgehead atoms. The van der Waals surface area contributed by atoms with Gasteiger partial charge in [0.2, 0.25) is 0 Å². The normalized spacial score (nSPS) is 16.4. The third kappa shape index (κ3) is 2.86. The van der Waals surface area contributed by atoms with Crippen molar-refractivity contribution in [2.75, 3.05) is 25.0 Å². The Morgan fingerprint density at radius 3 is 3.00 bits per heavy atom. The molecule has 2 N–H and O–H groups in total. The highest BCUT2D eigenvalue weighted by atomic mass is 32.1. The van der Waals surface area contributed by atoms with Crippen LogP contribution in [-0.4, -0.2) is 60.8 Å². The molecular formula is C16H23N7OS. The van der Waals surface area contributed by atoms with Crippen LogP contribution in [0.3, 0.4) is 0 Å². The molecule has 1 aliphatic rings. The monoisotopic (exact) mass is 361 g/mol. The van der Waals surface area contributed by atoms with E-state index in [1.807, 2.05) is 6.92 Å². The van der Waals surface area contributed by atoms with Crippen molar-refractivity contribution in [1.29, 1.82) is 0 Å². The predicted octanol–water partition coefficient (Wildman–Crippen LogP) is 1.68. The number of anilines is 1. The molecule has 8 nitrogen and oxygen atoms in total. The molecular weight excluding hydrogens is 338 g/mol. The van der Waals surface area contributed by atoms with Crippen LogP contribution in [0.2, 0.25) is 0 Å². The zero-order chi connectivity index (χ0) is 17.4. The van der Waals surface area contributed by atoms with Gasteiger partial charge >= 0.3 is 0 Å². The third-order valence-electron chi connectivity index (χ3n) is 4.81. The minimum absolute atomic E-state index is 0.0234. The third-order valence-corrected chi connectivity index (χ3v) is 6.00. The molecule has 0 aliphatic carbocycles. The number of aliphatic hydroxyl groups excluding tert-OH is 1. The van der Waals surface area contributed by atoms with Crippen LogP contribution >= 0.6 is 11.3 Å². The topological polar surface area (TPSA) is 91.5 Å². The highest BCUT2D eigenvalue weighted by Crippen LogP contribution is 2.38. The largest absolute Gasteiger partial charge is 0.394 e. The van der Waals surface area contributed by atoms with Crippen molar-refractivity contribution in [2.24, 2.45) is 0 Å². The van der Waals surface area contributed by atoms with E-state index in [-0.39, 0.29) is 12.6 Å². The number of hydrogen-bond acceptors (Lipinski definition) is 8. The molecule has 0 fully saturated rings. The summed E-state index contributed by atoms with van der Waals surface area (Å²) in [7, 11) is 0. The lowest BCUT2D eigenvalue weighted by Gasteiger charge is -2.26. The highest BCUT2D eigenvalue weighted by molar-refractivity contribution is 7.19. The van der Waals surface area contributed by atoms with Gasteiger partial charge in [-0.15, -0.1) is 11.3 Å². The van der Waals surface area contributed by atoms with Crippen LogP contribution in [0.1, 0.15) is 37.1 Å². The van der Waals surface area contributed by atoms with Gasteiger partial charge < -0.3 is 10.4 Å². The maximum atomic E-state index is 9.58. The molecule has 3 aromatic heterocycles. The molecule has 0 amide bonds. The van der Waals surface area contributed by atoms with Crippen molar-refractivity contribution < 1.29 is 5.11 Å². The summed E-state index contributed by atoms with van der Waals surface area (Å²) in [6, 6.07) is -0.0234. The Bertz CT molecular complexity index is 885. The molecule has 0 saturated carbocycles. The first kappa shape index (κ1) is 16.6. The number of hydrogen-bond donors (Lipinski definition) is 2. The van der Waals surface area contributed by atoms with Crippen molar-refractivity contribution in [2.45, 2.75) is 45.7 Å². The van der Waals surface area contributed by atoms with Crippen molar-refractivity contribution in [3.63, 3.8) is 0 Å². The molecule has 0 radical (unpaired) electrons. The number of fused-ring (bicyclic) bond motifs is 5. The van der Waals surface area contributed by atoms with Gasteiger partial charge in [0, 0.05) is 18.0 Å². The summed E-state index contributed by atoms with van der Waals surface area (Å²) in [6.45, 7) is 7.51. The second-order valence-electron chi connectivity index (χ2n) is 6.49. The number of thiophene rings is 1. The molecule has 0 saturated heterocycles. The Balaban J connectivity index is 1.86. The van der Waals surface area contributed by atoms with Gasteiger partial charge in [0.1, 0.15) is 10.6 Å². The Labute approximate surface area is 149 Å². The number of nitrogens with one attached hydrogen (secondary N) is 1. The van der Waals surface area contributed by atoms with Crippen LogP contribution in [0, 0.1) is 0 Å². The number of aromatic nitrogens is 5. The Hall–Kier alpha value is -1.84. The fourth-order valence-electron chi connectivity index (χ4n) is 3.46. The van der Waals surface area contributed by atoms with Crippen LogP contribution in [-0.2, 0) is 13.0 Å². The van der Waals surface area contributed by atoms with Crippen LogP contribution in [0.4, 0.5) is 5.82 Å². The predicted molar refractivity (Wildman–Crippen MR) is 98.0 cm³/mol. The first-order valence-electron chi connectivity index (χ1n) is 8.87. The molecule has 0 spiro atoms. The Kier molecular flexibility index (Phi) is 4.53. The van der Waals surface area contributed by atoms with Gasteiger partial charge in [0.05, 0.1) is 18.0 Å². The Morgan fingerprint density at radius 1 is 1.36 bits per heavy atom. The lowest BCUT2D eigenvalue weighted by molar-refractivity contribution is 0.258. The van der Waals surface area contributed by atoms with E-state index in [1.54, 1.807) is 15.9 Å². The van der Waals surface area contributed by atoms with Gasteiger partial charge in [-0.1, -0.05) is 18.9 Å². The molecule has 1 aliphatic heterocycles. The van der Waals surface area contributed by atoms with Gasteiger partial charge in [0.15, 0.2) is 0 Å². The lowest BCUT2D eigenvalue weighted by atomic mass is 10.0. The number of nitrogens with zero attached hydrogens (tertiary/aromatic N) is 6. The van der Waals surface area contributed by atoms with Crippen LogP contribution in [0.25, 0.3) is 16.0 Å². The van der Waals surface area contributed by atoms with Crippen molar-refractivity contribution in [1.82, 2.24) is 29.9 Å². The molecule has 9 heteroatoms. The minimum atomic E-state index is -0.0234. The average Bonchev–Trinajstić information content (AvgIpc) is 3.23. The van der Waals surface area contributed by atoms with Crippen molar-refractivity contribution in [3.05, 3.63) is 10.4 Å². The maximum Gasteiger partial charge on any atom is 0.276 e. The fraction of sp³-hybridized carbons (Fsp3) is 0.625. The molecule has 0 aromatic carbocycles. The fourth-order valence-corrected chi connectivity index (χ4v) is 4.79. The number of rotatable bonds is 6. The van der Waals surface area contributed by atoms with Crippen molar-refractivity contribution >= 4 is 33.1 Å². The van der Waals surface area contributed by atoms with E-state index < -0.39 is 0 Å². The van der Waals surface area contributed by atoms with E-state index in [0.29, 0.717) is 5.78 Å². The summed E-state index contributed by atoms with van der Waals surface area (Å²) in [5, 5.41) is 26.0. The minimum Gasteiger partial charge on any atom is -0.394 e. The molecule has 4 heterocycles. The zero-order valence-electron chi connectivity index (χ0n) is 14.6. The quantitative estimate of drug-likeness (QED) is 0.690. The van der Waals surface area contributed by atoms with Gasteiger partial charge in [-0.3, -0.25) is 4.90 Å². The smallest absolute Gasteiger partial charge is 0.276 e. The first-order chi connectivity index (χ1) is 12.2. The molecule has 134 valence electrons. The summed E-state index contributed by atoms with van der Waals surface area (Å²) >= 11 is 1.76. The molecule has 1 atom stereocenters. The van der Waals surface area contributed by atoms with E-state index in [9.17, 15) is 5.11 Å². The van der Waals surface area contributed by atoms with E-state index in [1.165, 1.54) is 16.9 Å². The Morgan fingerprint density at radius 2 is 2.24 bits per heavy atom. The van der Waals surface area contributed by atoms with Gasteiger partial charge in [-0.25, -0.2) is 0 Å². The summed E-state index contributed by atoms with van der Waals surface area (Å²) in [5.41, 5.74) is 1.35. The maximum absolute atomic E-state index is 9.58. The summed E-state index contributed by atoms with van der Waals surface area (Å²) in [5.74, 6) is 1.28. The molecule has 3 aromatic rings. The van der Waals surface area contributed by atoms with E-state index >= 15 is 0 Å². The molecule has 1 unspecified atom stereocenters. The van der Waals surface area contributed by atoms with E-state index in [0.717, 1.165) is 48.5 Å². The summed E-state index contributed by atoms with van der Waals surface area (Å²) in [6.07, 6.45) is 3.00. The zero-order valence-corrected chi connectivity index (χ0v) is 15.4. The molecule has 4 rings (SSSR count). The van der Waals surface area contributed by atoms with Gasteiger partial charge in [0.25, 0.3) is 5.78 Å². The second-order valence-corrected chi connectivity index (χ2v) is 7.58. The van der Waals surface area contributed by atoms with Gasteiger partial charge in [-0.05, 0) is 41.8 Å². The van der Waals surface area contributed by atoms with Crippen LogP contribution in [0.5, 0.6) is 0 Å². The second kappa shape index (κ2) is 6.81. The van der Waals surface area contributed by atoms with Crippen LogP contribution < -0.4 is 5.32 Å². The van der Waals surface area contributed by atoms with Gasteiger partial charge in [-0.2, -0.15) is 9.50 Å². The summed E-state index contributed by atoms with van der Waals surface area (Å²) in [4.78, 5) is 9.54. The average molecular weight is 361 g/mol. The van der Waals surface area contributed by atoms with Crippen LogP contribution in [0.15, 0.2) is 0 Å².